The summed E-state index contributed by atoms with van der Waals surface area (Å²) in [5.74, 6) is 0.517. The number of nitrogens with one attached hydrogen (secondary N) is 1. The number of hydrogen-bond acceptors (Lipinski definition) is 6. The summed E-state index contributed by atoms with van der Waals surface area (Å²) in [6.45, 7) is 3.48. The van der Waals surface area contributed by atoms with Crippen LogP contribution in [0.25, 0.3) is 0 Å². The third kappa shape index (κ3) is 6.40. The zero-order chi connectivity index (χ0) is 22.8. The average Bonchev–Trinajstić information content (AvgIpc) is 3.32. The Bertz CT molecular complexity index is 1140. The molecule has 0 bridgehead atoms. The van der Waals surface area contributed by atoms with Crippen LogP contribution < -0.4 is 10.2 Å². The molecule has 32 heavy (non-hydrogen) atoms. The largest absolute Gasteiger partial charge is 0.490 e. The molecule has 0 saturated heterocycles. The topological polar surface area (TPSA) is 101 Å². The average molecular weight is 454 g/mol. The van der Waals surface area contributed by atoms with Crippen molar-refractivity contribution in [3.8, 4) is 5.75 Å². The maximum atomic E-state index is 13.0. The van der Waals surface area contributed by atoms with Gasteiger partial charge >= 0.3 is 0 Å². The van der Waals surface area contributed by atoms with Gasteiger partial charge in [0.25, 0.3) is 5.91 Å². The van der Waals surface area contributed by atoms with E-state index in [1.54, 1.807) is 60.7 Å². The number of sulfonamides is 1. The molecule has 0 radical (unpaired) electrons. The summed E-state index contributed by atoms with van der Waals surface area (Å²) in [6.07, 6.45) is 4.55. The van der Waals surface area contributed by atoms with Crippen molar-refractivity contribution in [2.45, 2.75) is 11.4 Å². The minimum Gasteiger partial charge on any atom is -0.490 e. The molecule has 3 rings (SSSR count). The molecule has 1 aromatic heterocycles. The first-order chi connectivity index (χ1) is 15.5. The van der Waals surface area contributed by atoms with E-state index in [1.165, 1.54) is 24.6 Å². The van der Waals surface area contributed by atoms with Crippen LogP contribution in [0, 0.1) is 0 Å². The third-order valence-electron chi connectivity index (χ3n) is 4.26. The van der Waals surface area contributed by atoms with Gasteiger partial charge in [0.05, 0.1) is 30.5 Å². The highest BCUT2D eigenvalue weighted by Crippen LogP contribution is 2.18. The summed E-state index contributed by atoms with van der Waals surface area (Å²) >= 11 is 0. The predicted octanol–water partition coefficient (Wildman–Crippen LogP) is 3.19. The van der Waals surface area contributed by atoms with Crippen LogP contribution in [0.4, 0.5) is 0 Å². The molecule has 166 valence electrons. The lowest BCUT2D eigenvalue weighted by molar-refractivity contribution is -0.121. The fourth-order valence-corrected chi connectivity index (χ4v) is 4.11. The molecule has 0 spiro atoms. The smallest absolute Gasteiger partial charge is 0.255 e. The number of carbonyl (C=O) groups excluding carboxylic acids is 1. The molecule has 0 atom stereocenters. The fourth-order valence-electron chi connectivity index (χ4n) is 2.72. The molecule has 0 aliphatic carbocycles. The Morgan fingerprint density at radius 3 is 2.50 bits per heavy atom. The van der Waals surface area contributed by atoms with Crippen molar-refractivity contribution in [3.05, 3.63) is 97.0 Å². The van der Waals surface area contributed by atoms with E-state index >= 15 is 0 Å². The van der Waals surface area contributed by atoms with Gasteiger partial charge in [-0.05, 0) is 54.1 Å². The molecule has 1 heterocycles. The summed E-state index contributed by atoms with van der Waals surface area (Å²) in [6, 6.07) is 18.3. The minimum absolute atomic E-state index is 0.0848. The second-order valence-electron chi connectivity index (χ2n) is 6.63. The maximum absolute atomic E-state index is 13.0. The van der Waals surface area contributed by atoms with Gasteiger partial charge in [-0.25, -0.2) is 13.8 Å². The van der Waals surface area contributed by atoms with E-state index in [0.29, 0.717) is 18.1 Å². The molecule has 8 nitrogen and oxygen atoms in total. The van der Waals surface area contributed by atoms with E-state index in [4.69, 9.17) is 9.15 Å². The molecule has 1 N–H and O–H groups in total. The van der Waals surface area contributed by atoms with Gasteiger partial charge in [0.2, 0.25) is 10.0 Å². The monoisotopic (exact) mass is 453 g/mol. The lowest BCUT2D eigenvalue weighted by Crippen LogP contribution is -2.38. The Labute approximate surface area is 186 Å². The molecule has 0 fully saturated rings. The zero-order valence-corrected chi connectivity index (χ0v) is 18.1. The van der Waals surface area contributed by atoms with Crippen molar-refractivity contribution in [2.24, 2.45) is 5.10 Å². The van der Waals surface area contributed by atoms with Crippen molar-refractivity contribution in [1.29, 1.82) is 0 Å². The normalized spacial score (nSPS) is 11.5. The van der Waals surface area contributed by atoms with Gasteiger partial charge < -0.3 is 9.15 Å². The first kappa shape index (κ1) is 23.0. The molecule has 0 saturated carbocycles. The van der Waals surface area contributed by atoms with E-state index in [2.05, 4.69) is 17.1 Å². The van der Waals surface area contributed by atoms with E-state index < -0.39 is 22.5 Å². The van der Waals surface area contributed by atoms with Crippen LogP contribution >= 0.6 is 0 Å². The van der Waals surface area contributed by atoms with Gasteiger partial charge in [0, 0.05) is 0 Å². The number of furan rings is 1. The SMILES string of the molecule is C=CCOc1ccc(/C=N\NC(=O)CN(Cc2ccco2)S(=O)(=O)c2ccccc2)cc1. The van der Waals surface area contributed by atoms with Crippen molar-refractivity contribution in [2.75, 3.05) is 13.2 Å². The summed E-state index contributed by atoms with van der Waals surface area (Å²) in [5.41, 5.74) is 3.10. The molecule has 9 heteroatoms. The summed E-state index contributed by atoms with van der Waals surface area (Å²) in [4.78, 5) is 12.5. The Balaban J connectivity index is 1.66. The fraction of sp³-hybridized carbons (Fsp3) is 0.130. The number of carbonyl (C=O) groups is 1. The maximum Gasteiger partial charge on any atom is 0.255 e. The van der Waals surface area contributed by atoms with Gasteiger partial charge in [0.1, 0.15) is 18.1 Å². The van der Waals surface area contributed by atoms with Gasteiger partial charge in [-0.2, -0.15) is 9.41 Å². The highest BCUT2D eigenvalue weighted by atomic mass is 32.2. The van der Waals surface area contributed by atoms with E-state index in [-0.39, 0.29) is 11.4 Å². The van der Waals surface area contributed by atoms with Gasteiger partial charge in [0.15, 0.2) is 0 Å². The second kappa shape index (κ2) is 11.1. The van der Waals surface area contributed by atoms with Crippen molar-refractivity contribution >= 4 is 22.1 Å². The lowest BCUT2D eigenvalue weighted by Gasteiger charge is -2.20. The highest BCUT2D eigenvalue weighted by molar-refractivity contribution is 7.89. The van der Waals surface area contributed by atoms with Crippen molar-refractivity contribution in [1.82, 2.24) is 9.73 Å². The Kier molecular flexibility index (Phi) is 7.96. The number of ether oxygens (including phenoxy) is 1. The van der Waals surface area contributed by atoms with Gasteiger partial charge in [-0.15, -0.1) is 0 Å². The van der Waals surface area contributed by atoms with E-state index in [9.17, 15) is 13.2 Å². The van der Waals surface area contributed by atoms with Crippen molar-refractivity contribution < 1.29 is 22.4 Å². The highest BCUT2D eigenvalue weighted by Gasteiger charge is 2.27. The van der Waals surface area contributed by atoms with Crippen LogP contribution in [0.5, 0.6) is 5.75 Å². The number of benzene rings is 2. The molecular formula is C23H23N3O5S. The number of hydrogen-bond donors (Lipinski definition) is 1. The van der Waals surface area contributed by atoms with Gasteiger partial charge in [-0.1, -0.05) is 30.9 Å². The van der Waals surface area contributed by atoms with Crippen LogP contribution in [0.1, 0.15) is 11.3 Å². The van der Waals surface area contributed by atoms with Crippen LogP contribution in [-0.2, 0) is 21.4 Å². The molecular weight excluding hydrogens is 430 g/mol. The van der Waals surface area contributed by atoms with Crippen LogP contribution in [-0.4, -0.2) is 38.0 Å². The number of amides is 1. The number of nitrogens with zero attached hydrogens (tertiary/aromatic N) is 2. The summed E-state index contributed by atoms with van der Waals surface area (Å²) < 4.78 is 37.8. The molecule has 1 amide bonds. The van der Waals surface area contributed by atoms with Crippen LogP contribution in [0.3, 0.4) is 0 Å². The molecule has 0 unspecified atom stereocenters. The quantitative estimate of drug-likeness (QED) is 0.273. The molecule has 0 aliphatic heterocycles. The molecule has 3 aromatic rings. The Morgan fingerprint density at radius 2 is 1.84 bits per heavy atom. The van der Waals surface area contributed by atoms with Crippen LogP contribution in [0.15, 0.2) is 100 Å². The minimum atomic E-state index is -3.92. The molecule has 2 aromatic carbocycles. The lowest BCUT2D eigenvalue weighted by atomic mass is 10.2. The summed E-state index contributed by atoms with van der Waals surface area (Å²) in [5, 5.41) is 3.91. The third-order valence-corrected chi connectivity index (χ3v) is 6.07. The van der Waals surface area contributed by atoms with Crippen LogP contribution in [0.2, 0.25) is 0 Å². The first-order valence-electron chi connectivity index (χ1n) is 9.72. The second-order valence-corrected chi connectivity index (χ2v) is 8.57. The zero-order valence-electron chi connectivity index (χ0n) is 17.3. The molecule has 0 aliphatic rings. The summed E-state index contributed by atoms with van der Waals surface area (Å²) in [7, 11) is -3.92. The van der Waals surface area contributed by atoms with E-state index in [0.717, 1.165) is 9.87 Å². The first-order valence-corrected chi connectivity index (χ1v) is 11.2. The van der Waals surface area contributed by atoms with Crippen molar-refractivity contribution in [3.63, 3.8) is 0 Å². The van der Waals surface area contributed by atoms with E-state index in [1.807, 2.05) is 0 Å². The number of hydrazone groups is 1. The number of rotatable bonds is 11. The predicted molar refractivity (Wildman–Crippen MR) is 121 cm³/mol. The van der Waals surface area contributed by atoms with Gasteiger partial charge in [-0.3, -0.25) is 4.79 Å². The standard InChI is InChI=1S/C23H23N3O5S/c1-2-14-30-20-12-10-19(11-13-20)16-24-25-23(27)18-26(17-21-7-6-15-31-21)32(28,29)22-8-4-3-5-9-22/h2-13,15-16H,1,14,17-18H2,(H,25,27)/b24-16-. The Hall–Kier alpha value is -3.69. The Morgan fingerprint density at radius 1 is 1.09 bits per heavy atom.